The number of hydrogen-bond acceptors (Lipinski definition) is 5. The van der Waals surface area contributed by atoms with E-state index in [0.717, 1.165) is 38.3 Å². The molecule has 1 fully saturated rings. The molecule has 0 bridgehead atoms. The summed E-state index contributed by atoms with van der Waals surface area (Å²) in [6.07, 6.45) is 2.99. The quantitative estimate of drug-likeness (QED) is 0.800. The molecule has 2 unspecified atom stereocenters. The summed E-state index contributed by atoms with van der Waals surface area (Å²) in [7, 11) is 1.50. The molecular formula is C19H31N5O2. The topological polar surface area (TPSA) is 77.6 Å². The molecule has 7 heteroatoms. The van der Waals surface area contributed by atoms with Gasteiger partial charge in [0.05, 0.1) is 6.54 Å². The van der Waals surface area contributed by atoms with Gasteiger partial charge in [-0.25, -0.2) is 4.79 Å². The van der Waals surface area contributed by atoms with Crippen molar-refractivity contribution in [1.29, 1.82) is 0 Å². The lowest BCUT2D eigenvalue weighted by Gasteiger charge is -2.43. The molecule has 26 heavy (non-hydrogen) atoms. The Morgan fingerprint density at radius 3 is 2.73 bits per heavy atom. The second kappa shape index (κ2) is 9.64. The number of carbonyl (C=O) groups is 2. The first-order valence-electron chi connectivity index (χ1n) is 9.32. The summed E-state index contributed by atoms with van der Waals surface area (Å²) in [6, 6.07) is 4.01. The van der Waals surface area contributed by atoms with Crippen LogP contribution >= 0.6 is 0 Å². The maximum Gasteiger partial charge on any atom is 0.321 e. The minimum absolute atomic E-state index is 0.252. The molecule has 1 aliphatic heterocycles. The van der Waals surface area contributed by atoms with Crippen molar-refractivity contribution in [3.05, 3.63) is 29.6 Å². The van der Waals surface area contributed by atoms with Crippen LogP contribution in [-0.2, 0) is 11.3 Å². The standard InChI is InChI=1S/C19H31N5O2/c1-5-14(2)17-12-23(11-16-7-6-15(3)21-10-16)8-9-24(17)13-18(25)22-19(26)20-4/h6-7,10,14,17H,5,8-9,11-13H2,1-4H3,(H2,20,22,25,26). The van der Waals surface area contributed by atoms with E-state index in [2.05, 4.69) is 45.3 Å². The summed E-state index contributed by atoms with van der Waals surface area (Å²) in [6.45, 7) is 10.1. The molecule has 7 nitrogen and oxygen atoms in total. The predicted octanol–water partition coefficient (Wildman–Crippen LogP) is 1.38. The molecule has 0 spiro atoms. The average Bonchev–Trinajstić information content (AvgIpc) is 2.64. The van der Waals surface area contributed by atoms with Crippen LogP contribution < -0.4 is 10.6 Å². The predicted molar refractivity (Wildman–Crippen MR) is 102 cm³/mol. The molecule has 0 aliphatic carbocycles. The zero-order valence-electron chi connectivity index (χ0n) is 16.3. The van der Waals surface area contributed by atoms with E-state index in [0.29, 0.717) is 12.0 Å². The van der Waals surface area contributed by atoms with Gasteiger partial charge in [0, 0.05) is 51.2 Å². The number of aryl methyl sites for hydroxylation is 1. The highest BCUT2D eigenvalue weighted by Crippen LogP contribution is 2.21. The van der Waals surface area contributed by atoms with E-state index in [1.807, 2.05) is 19.2 Å². The Kier molecular flexibility index (Phi) is 7.53. The molecule has 2 atom stereocenters. The van der Waals surface area contributed by atoms with Crippen LogP contribution in [0.2, 0.25) is 0 Å². The first kappa shape index (κ1) is 20.3. The number of imide groups is 1. The van der Waals surface area contributed by atoms with E-state index in [1.165, 1.54) is 12.6 Å². The summed E-state index contributed by atoms with van der Waals surface area (Å²) in [5, 5.41) is 4.77. The highest BCUT2D eigenvalue weighted by molar-refractivity contribution is 5.95. The smallest absolute Gasteiger partial charge is 0.321 e. The van der Waals surface area contributed by atoms with E-state index in [-0.39, 0.29) is 12.5 Å². The average molecular weight is 361 g/mol. The number of carbonyl (C=O) groups excluding carboxylic acids is 2. The lowest BCUT2D eigenvalue weighted by atomic mass is 9.95. The van der Waals surface area contributed by atoms with Crippen molar-refractivity contribution in [2.45, 2.75) is 39.8 Å². The van der Waals surface area contributed by atoms with Crippen LogP contribution in [0.5, 0.6) is 0 Å². The van der Waals surface area contributed by atoms with Crippen LogP contribution in [0, 0.1) is 12.8 Å². The van der Waals surface area contributed by atoms with Gasteiger partial charge < -0.3 is 5.32 Å². The number of amides is 3. The van der Waals surface area contributed by atoms with E-state index >= 15 is 0 Å². The van der Waals surface area contributed by atoms with Crippen LogP contribution in [0.15, 0.2) is 18.3 Å². The van der Waals surface area contributed by atoms with Gasteiger partial charge in [-0.3, -0.25) is 24.9 Å². The molecule has 2 N–H and O–H groups in total. The van der Waals surface area contributed by atoms with Gasteiger partial charge in [0.1, 0.15) is 0 Å². The van der Waals surface area contributed by atoms with Crippen molar-refractivity contribution in [1.82, 2.24) is 25.4 Å². The first-order valence-corrected chi connectivity index (χ1v) is 9.32. The molecule has 3 amide bonds. The number of rotatable bonds is 6. The van der Waals surface area contributed by atoms with E-state index in [4.69, 9.17) is 0 Å². The van der Waals surface area contributed by atoms with Gasteiger partial charge in [0.2, 0.25) is 5.91 Å². The number of aromatic nitrogens is 1. The molecule has 1 saturated heterocycles. The third-order valence-corrected chi connectivity index (χ3v) is 5.12. The number of pyridine rings is 1. The fourth-order valence-corrected chi connectivity index (χ4v) is 3.32. The highest BCUT2D eigenvalue weighted by Gasteiger charge is 2.31. The number of nitrogens with zero attached hydrogens (tertiary/aromatic N) is 3. The lowest BCUT2D eigenvalue weighted by molar-refractivity contribution is -0.122. The van der Waals surface area contributed by atoms with Crippen molar-refractivity contribution in [2.75, 3.05) is 33.2 Å². The molecule has 2 heterocycles. The van der Waals surface area contributed by atoms with Crippen molar-refractivity contribution >= 4 is 11.9 Å². The molecule has 1 aromatic rings. The SMILES string of the molecule is CCC(C)C1CN(Cc2ccc(C)nc2)CCN1CC(=O)NC(=O)NC. The van der Waals surface area contributed by atoms with Crippen LogP contribution in [0.1, 0.15) is 31.5 Å². The third-order valence-electron chi connectivity index (χ3n) is 5.12. The van der Waals surface area contributed by atoms with Gasteiger partial charge in [0.25, 0.3) is 0 Å². The molecule has 0 aromatic carbocycles. The normalized spacial score (nSPS) is 19.8. The van der Waals surface area contributed by atoms with E-state index in [1.54, 1.807) is 0 Å². The van der Waals surface area contributed by atoms with Crippen molar-refractivity contribution in [3.63, 3.8) is 0 Å². The van der Waals surface area contributed by atoms with Gasteiger partial charge in [0.15, 0.2) is 0 Å². The van der Waals surface area contributed by atoms with Crippen LogP contribution in [0.4, 0.5) is 4.79 Å². The van der Waals surface area contributed by atoms with E-state index in [9.17, 15) is 9.59 Å². The van der Waals surface area contributed by atoms with Crippen LogP contribution in [-0.4, -0.2) is 66.0 Å². The van der Waals surface area contributed by atoms with Gasteiger partial charge >= 0.3 is 6.03 Å². The zero-order valence-corrected chi connectivity index (χ0v) is 16.3. The molecular weight excluding hydrogens is 330 g/mol. The summed E-state index contributed by atoms with van der Waals surface area (Å²) >= 11 is 0. The Morgan fingerprint density at radius 2 is 2.12 bits per heavy atom. The van der Waals surface area contributed by atoms with E-state index < -0.39 is 6.03 Å². The summed E-state index contributed by atoms with van der Waals surface area (Å²) in [5.41, 5.74) is 2.24. The first-order chi connectivity index (χ1) is 12.4. The Balaban J connectivity index is 1.98. The molecule has 0 radical (unpaired) electrons. The summed E-state index contributed by atoms with van der Waals surface area (Å²) in [5.74, 6) is 0.218. The highest BCUT2D eigenvalue weighted by atomic mass is 16.2. The Hall–Kier alpha value is -1.99. The lowest BCUT2D eigenvalue weighted by Crippen LogP contribution is -2.57. The molecule has 0 saturated carbocycles. The Morgan fingerprint density at radius 1 is 1.35 bits per heavy atom. The monoisotopic (exact) mass is 361 g/mol. The van der Waals surface area contributed by atoms with Crippen LogP contribution in [0.25, 0.3) is 0 Å². The largest absolute Gasteiger partial charge is 0.341 e. The Bertz CT molecular complexity index is 604. The van der Waals surface area contributed by atoms with Gasteiger partial charge in [-0.2, -0.15) is 0 Å². The van der Waals surface area contributed by atoms with Gasteiger partial charge in [-0.05, 0) is 24.5 Å². The summed E-state index contributed by atoms with van der Waals surface area (Å²) < 4.78 is 0. The van der Waals surface area contributed by atoms with Crippen LogP contribution in [0.3, 0.4) is 0 Å². The van der Waals surface area contributed by atoms with Crippen molar-refractivity contribution in [3.8, 4) is 0 Å². The maximum absolute atomic E-state index is 12.1. The second-order valence-electron chi connectivity index (χ2n) is 7.09. The fourth-order valence-electron chi connectivity index (χ4n) is 3.32. The summed E-state index contributed by atoms with van der Waals surface area (Å²) in [4.78, 5) is 32.5. The molecule has 144 valence electrons. The van der Waals surface area contributed by atoms with Gasteiger partial charge in [-0.15, -0.1) is 0 Å². The number of piperazine rings is 1. The number of nitrogens with one attached hydrogen (secondary N) is 2. The maximum atomic E-state index is 12.1. The number of hydrogen-bond donors (Lipinski definition) is 2. The fraction of sp³-hybridized carbons (Fsp3) is 0.632. The zero-order chi connectivity index (χ0) is 19.1. The third kappa shape index (κ3) is 5.78. The van der Waals surface area contributed by atoms with Gasteiger partial charge in [-0.1, -0.05) is 26.3 Å². The second-order valence-corrected chi connectivity index (χ2v) is 7.09. The molecule has 2 rings (SSSR count). The number of urea groups is 1. The van der Waals surface area contributed by atoms with Crippen molar-refractivity contribution in [2.24, 2.45) is 5.92 Å². The minimum Gasteiger partial charge on any atom is -0.341 e. The van der Waals surface area contributed by atoms with Crippen molar-refractivity contribution < 1.29 is 9.59 Å². The minimum atomic E-state index is -0.458. The Labute approximate surface area is 156 Å². The molecule has 1 aromatic heterocycles. The molecule has 1 aliphatic rings.